The van der Waals surface area contributed by atoms with E-state index in [4.69, 9.17) is 24.7 Å². The van der Waals surface area contributed by atoms with Gasteiger partial charge in [0.05, 0.1) is 26.1 Å². The molecule has 4 aromatic rings. The number of nitrogen functional groups attached to an aromatic ring is 1. The van der Waals surface area contributed by atoms with E-state index in [1.807, 2.05) is 41.0 Å². The highest BCUT2D eigenvalue weighted by Gasteiger charge is 2.79. The van der Waals surface area contributed by atoms with Gasteiger partial charge in [0.15, 0.2) is 23.3 Å². The van der Waals surface area contributed by atoms with Gasteiger partial charge in [-0.05, 0) is 24.0 Å². The summed E-state index contributed by atoms with van der Waals surface area (Å²) >= 11 is 0. The molecule has 2 bridgehead atoms. The fourth-order valence-electron chi connectivity index (χ4n) is 5.67. The first-order chi connectivity index (χ1) is 17.7. The molecule has 1 spiro atoms. The van der Waals surface area contributed by atoms with Crippen molar-refractivity contribution in [3.8, 4) is 0 Å². The van der Waals surface area contributed by atoms with Crippen molar-refractivity contribution >= 4 is 17.0 Å². The molecule has 3 fully saturated rings. The number of benzene rings is 2. The Morgan fingerprint density at radius 3 is 2.36 bits per heavy atom. The molecule has 1 saturated carbocycles. The summed E-state index contributed by atoms with van der Waals surface area (Å²) in [5.41, 5.74) is 8.24. The van der Waals surface area contributed by atoms with Crippen molar-refractivity contribution in [1.82, 2.24) is 19.5 Å². The minimum Gasteiger partial charge on any atom is -0.382 e. The number of fused-ring (bicyclic) bond motifs is 4. The third-order valence-corrected chi connectivity index (χ3v) is 7.57. The number of ether oxygens (including phenoxy) is 4. The van der Waals surface area contributed by atoms with E-state index in [1.54, 1.807) is 6.33 Å². The molecular weight excluding hydrogens is 458 g/mol. The van der Waals surface area contributed by atoms with Crippen LogP contribution in [0.5, 0.6) is 0 Å². The van der Waals surface area contributed by atoms with Crippen LogP contribution < -0.4 is 5.73 Å². The van der Waals surface area contributed by atoms with E-state index in [1.165, 1.54) is 6.33 Å². The maximum Gasteiger partial charge on any atom is 0.167 e. The highest BCUT2D eigenvalue weighted by molar-refractivity contribution is 5.81. The van der Waals surface area contributed by atoms with Crippen molar-refractivity contribution < 1.29 is 18.9 Å². The summed E-state index contributed by atoms with van der Waals surface area (Å²) in [7, 11) is 0. The fraction of sp³-hybridized carbons (Fsp3) is 0.370. The Labute approximate surface area is 208 Å². The second-order valence-electron chi connectivity index (χ2n) is 9.75. The Morgan fingerprint density at radius 2 is 1.64 bits per heavy atom. The van der Waals surface area contributed by atoms with E-state index in [-0.39, 0.29) is 12.2 Å². The van der Waals surface area contributed by atoms with E-state index >= 15 is 0 Å². The first kappa shape index (κ1) is 21.9. The first-order valence-corrected chi connectivity index (χ1v) is 12.2. The van der Waals surface area contributed by atoms with Gasteiger partial charge in [0.25, 0.3) is 0 Å². The van der Waals surface area contributed by atoms with Gasteiger partial charge in [0.2, 0.25) is 0 Å². The van der Waals surface area contributed by atoms with Crippen LogP contribution >= 0.6 is 0 Å². The van der Waals surface area contributed by atoms with Gasteiger partial charge in [0, 0.05) is 0 Å². The van der Waals surface area contributed by atoms with Gasteiger partial charge in [-0.1, -0.05) is 60.7 Å². The predicted octanol–water partition coefficient (Wildman–Crippen LogP) is 3.41. The molecule has 2 aromatic heterocycles. The van der Waals surface area contributed by atoms with Gasteiger partial charge >= 0.3 is 0 Å². The smallest absolute Gasteiger partial charge is 0.167 e. The lowest BCUT2D eigenvalue weighted by Crippen LogP contribution is -2.53. The highest BCUT2D eigenvalue weighted by atomic mass is 16.7. The van der Waals surface area contributed by atoms with Gasteiger partial charge in [-0.15, -0.1) is 0 Å². The maximum atomic E-state index is 6.90. The van der Waals surface area contributed by atoms with Gasteiger partial charge in [-0.3, -0.25) is 4.57 Å². The van der Waals surface area contributed by atoms with Crippen molar-refractivity contribution in [1.29, 1.82) is 0 Å². The van der Waals surface area contributed by atoms with Crippen LogP contribution in [0.25, 0.3) is 11.2 Å². The zero-order chi connectivity index (χ0) is 24.2. The Morgan fingerprint density at radius 1 is 0.917 bits per heavy atom. The molecular formula is C27H27N5O4. The average molecular weight is 486 g/mol. The Kier molecular flexibility index (Phi) is 5.07. The first-order valence-electron chi connectivity index (χ1n) is 12.2. The molecule has 2 aromatic carbocycles. The molecule has 2 saturated heterocycles. The van der Waals surface area contributed by atoms with E-state index in [9.17, 15) is 0 Å². The zero-order valence-corrected chi connectivity index (χ0v) is 19.7. The molecule has 0 radical (unpaired) electrons. The number of rotatable bonds is 8. The quantitative estimate of drug-likeness (QED) is 0.405. The Balaban J connectivity index is 1.22. The van der Waals surface area contributed by atoms with Crippen LogP contribution in [0.3, 0.4) is 0 Å². The van der Waals surface area contributed by atoms with E-state index in [0.717, 1.165) is 24.0 Å². The number of imidazole rings is 1. The monoisotopic (exact) mass is 485 g/mol. The normalized spacial score (nSPS) is 27.7. The molecule has 4 atom stereocenters. The molecule has 184 valence electrons. The molecule has 2 unspecified atom stereocenters. The topological polar surface area (TPSA) is 107 Å². The predicted molar refractivity (Wildman–Crippen MR) is 131 cm³/mol. The fourth-order valence-corrected chi connectivity index (χ4v) is 5.67. The summed E-state index contributed by atoms with van der Waals surface area (Å²) in [5, 5.41) is 0. The lowest BCUT2D eigenvalue weighted by atomic mass is 9.91. The third kappa shape index (κ3) is 3.35. The largest absolute Gasteiger partial charge is 0.382 e. The molecule has 1 aliphatic carbocycles. The lowest BCUT2D eigenvalue weighted by Gasteiger charge is -2.38. The SMILES string of the molecule is Nc1ncnc2c1ncn2[C@@H]1O[C@]2(COCc3ccccc3)C(OCc3ccccc3)C1OC21CC1. The van der Waals surface area contributed by atoms with Crippen molar-refractivity contribution in [2.75, 3.05) is 12.3 Å². The van der Waals surface area contributed by atoms with Crippen molar-refractivity contribution in [2.45, 2.75) is 55.7 Å². The molecule has 4 heterocycles. The van der Waals surface area contributed by atoms with Crippen LogP contribution in [0.2, 0.25) is 0 Å². The molecule has 2 aliphatic heterocycles. The number of hydrogen-bond donors (Lipinski definition) is 1. The molecule has 9 heteroatoms. The minimum absolute atomic E-state index is 0.322. The van der Waals surface area contributed by atoms with E-state index in [2.05, 4.69) is 39.2 Å². The Bertz CT molecular complexity index is 1380. The van der Waals surface area contributed by atoms with E-state index < -0.39 is 17.4 Å². The third-order valence-electron chi connectivity index (χ3n) is 7.57. The second kappa shape index (κ2) is 8.35. The average Bonchev–Trinajstić information content (AvgIpc) is 3.34. The van der Waals surface area contributed by atoms with Crippen LogP contribution in [0.4, 0.5) is 5.82 Å². The second-order valence-corrected chi connectivity index (χ2v) is 9.75. The van der Waals surface area contributed by atoms with Gasteiger partial charge < -0.3 is 24.7 Å². The highest BCUT2D eigenvalue weighted by Crippen LogP contribution is 2.65. The van der Waals surface area contributed by atoms with Crippen molar-refractivity contribution in [3.63, 3.8) is 0 Å². The van der Waals surface area contributed by atoms with Gasteiger partial charge in [-0.25, -0.2) is 15.0 Å². The van der Waals surface area contributed by atoms with Crippen LogP contribution in [0, 0.1) is 0 Å². The minimum atomic E-state index is -0.749. The van der Waals surface area contributed by atoms with Crippen LogP contribution in [-0.4, -0.2) is 49.5 Å². The summed E-state index contributed by atoms with van der Waals surface area (Å²) in [6.07, 6.45) is 3.82. The van der Waals surface area contributed by atoms with E-state index in [0.29, 0.717) is 36.8 Å². The number of nitrogens with two attached hydrogens (primary N) is 1. The van der Waals surface area contributed by atoms with Crippen LogP contribution in [0.1, 0.15) is 30.2 Å². The number of hydrogen-bond acceptors (Lipinski definition) is 8. The molecule has 3 aliphatic rings. The maximum absolute atomic E-state index is 6.90. The van der Waals surface area contributed by atoms with Crippen LogP contribution in [0.15, 0.2) is 73.3 Å². The molecule has 7 rings (SSSR count). The van der Waals surface area contributed by atoms with Crippen LogP contribution in [-0.2, 0) is 32.2 Å². The van der Waals surface area contributed by atoms with Gasteiger partial charge in [-0.2, -0.15) is 0 Å². The summed E-state index contributed by atoms with van der Waals surface area (Å²) in [4.78, 5) is 12.9. The summed E-state index contributed by atoms with van der Waals surface area (Å²) in [6.45, 7) is 1.30. The van der Waals surface area contributed by atoms with Crippen molar-refractivity contribution in [3.05, 3.63) is 84.4 Å². The lowest BCUT2D eigenvalue weighted by molar-refractivity contribution is -0.241. The molecule has 2 N–H and O–H groups in total. The molecule has 9 nitrogen and oxygen atoms in total. The standard InChI is InChI=1S/C27H27N5O4/c28-23-20-24(30-16-29-23)32(17-31-20)25-21-22(34-14-19-9-5-2-6-10-19)27(36-25,26(35-21)11-12-26)15-33-13-18-7-3-1-4-8-18/h1-10,16-17,21-22,25H,11-15H2,(H2,28,29,30)/t21?,22?,25-,27-/m1/s1. The Hall–Kier alpha value is -3.37. The number of aromatic nitrogens is 4. The molecule has 36 heavy (non-hydrogen) atoms. The molecule has 0 amide bonds. The number of anilines is 1. The van der Waals surface area contributed by atoms with Crippen molar-refractivity contribution in [2.24, 2.45) is 0 Å². The number of nitrogens with zero attached hydrogens (tertiary/aromatic N) is 4. The zero-order valence-electron chi connectivity index (χ0n) is 19.7. The summed E-state index contributed by atoms with van der Waals surface area (Å²) in [5.74, 6) is 0.333. The van der Waals surface area contributed by atoms with Gasteiger partial charge in [0.1, 0.15) is 29.7 Å². The summed E-state index contributed by atoms with van der Waals surface area (Å²) in [6, 6.07) is 20.3. The summed E-state index contributed by atoms with van der Waals surface area (Å²) < 4.78 is 28.4.